The lowest BCUT2D eigenvalue weighted by atomic mass is 10.0. The number of likely N-dealkylation sites (tertiary alicyclic amines) is 1. The molecule has 3 heterocycles. The van der Waals surface area contributed by atoms with Gasteiger partial charge in [-0.05, 0) is 48.6 Å². The quantitative estimate of drug-likeness (QED) is 0.0673. The Kier molecular flexibility index (Phi) is 13.2. The van der Waals surface area contributed by atoms with Crippen molar-refractivity contribution in [3.63, 3.8) is 0 Å². The first-order chi connectivity index (χ1) is 26.7. The first kappa shape index (κ1) is 40.7. The molecule has 2 aliphatic heterocycles. The monoisotopic (exact) mass is 775 g/mol. The van der Waals surface area contributed by atoms with Crippen LogP contribution in [0.5, 0.6) is 5.75 Å². The molecule has 0 unspecified atom stereocenters. The summed E-state index contributed by atoms with van der Waals surface area (Å²) < 4.78 is 0. The fourth-order valence-electron chi connectivity index (χ4n) is 6.81. The first-order valence-corrected chi connectivity index (χ1v) is 18.1. The van der Waals surface area contributed by atoms with Crippen molar-refractivity contribution in [1.29, 1.82) is 0 Å². The number of aromatic nitrogens is 1. The SMILES string of the molecule is NC(=O)C[C@H](NC(=O)[C@@H]1CCC(=O)N1)C(=O)N1CCC[C@H]1C(=O)N[C@H](Cc1c[nH]c2ccccc12)C(=O)N[C@H](CO)C(=O)N[C@H](Cc1ccc(O)cc1)C(N)=O. The molecule has 2 fully saturated rings. The number of H-pyrrole nitrogens is 1. The number of nitrogens with zero attached hydrogens (tertiary/aromatic N) is 1. The second-order valence-electron chi connectivity index (χ2n) is 13.8. The van der Waals surface area contributed by atoms with Crippen molar-refractivity contribution in [2.45, 2.75) is 81.2 Å². The number of nitrogens with one attached hydrogen (secondary N) is 6. The molecule has 0 spiro atoms. The van der Waals surface area contributed by atoms with Gasteiger partial charge in [0, 0.05) is 42.9 Å². The molecule has 5 rings (SSSR count). The molecule has 12 N–H and O–H groups in total. The van der Waals surface area contributed by atoms with Gasteiger partial charge in [-0.2, -0.15) is 0 Å². The molecule has 19 heteroatoms. The van der Waals surface area contributed by atoms with Gasteiger partial charge in [-0.25, -0.2) is 0 Å². The van der Waals surface area contributed by atoms with Crippen LogP contribution >= 0.6 is 0 Å². The van der Waals surface area contributed by atoms with Gasteiger partial charge in [0.1, 0.15) is 42.0 Å². The van der Waals surface area contributed by atoms with Crippen molar-refractivity contribution in [3.05, 3.63) is 65.9 Å². The van der Waals surface area contributed by atoms with E-state index in [1.54, 1.807) is 12.3 Å². The van der Waals surface area contributed by atoms with E-state index in [9.17, 15) is 48.6 Å². The molecule has 6 atom stereocenters. The highest BCUT2D eigenvalue weighted by Crippen LogP contribution is 2.22. The maximum Gasteiger partial charge on any atom is 0.246 e. The Morgan fingerprint density at radius 1 is 0.821 bits per heavy atom. The van der Waals surface area contributed by atoms with Crippen LogP contribution in [-0.2, 0) is 51.2 Å². The molecule has 19 nitrogen and oxygen atoms in total. The van der Waals surface area contributed by atoms with E-state index in [1.165, 1.54) is 29.2 Å². The molecular formula is C37H45N9O10. The number of hydrogen-bond acceptors (Lipinski definition) is 10. The predicted molar refractivity (Wildman–Crippen MR) is 198 cm³/mol. The highest BCUT2D eigenvalue weighted by Gasteiger charge is 2.41. The van der Waals surface area contributed by atoms with E-state index in [0.29, 0.717) is 17.5 Å². The number of nitrogens with two attached hydrogens (primary N) is 2. The molecule has 0 saturated carbocycles. The van der Waals surface area contributed by atoms with E-state index in [1.807, 2.05) is 18.2 Å². The summed E-state index contributed by atoms with van der Waals surface area (Å²) >= 11 is 0. The van der Waals surface area contributed by atoms with Crippen molar-refractivity contribution in [2.75, 3.05) is 13.2 Å². The maximum atomic E-state index is 14.0. The topological polar surface area (TPSA) is 308 Å². The van der Waals surface area contributed by atoms with E-state index < -0.39 is 90.6 Å². The van der Waals surface area contributed by atoms with Crippen LogP contribution in [-0.4, -0.2) is 117 Å². The van der Waals surface area contributed by atoms with Gasteiger partial charge in [0.25, 0.3) is 0 Å². The van der Waals surface area contributed by atoms with Crippen molar-refractivity contribution in [1.82, 2.24) is 36.5 Å². The summed E-state index contributed by atoms with van der Waals surface area (Å²) in [6.45, 7) is -0.808. The van der Waals surface area contributed by atoms with Crippen molar-refractivity contribution in [3.8, 4) is 5.75 Å². The number of benzene rings is 2. The minimum absolute atomic E-state index is 0.00857. The summed E-state index contributed by atoms with van der Waals surface area (Å²) in [6, 6.07) is 5.41. The van der Waals surface area contributed by atoms with Crippen LogP contribution < -0.4 is 38.1 Å². The number of phenolic OH excluding ortho intramolecular Hbond substituents is 1. The average molecular weight is 776 g/mol. The number of rotatable bonds is 17. The number of aromatic hydroxyl groups is 1. The van der Waals surface area contributed by atoms with Crippen molar-refractivity contribution in [2.24, 2.45) is 11.5 Å². The zero-order valence-corrected chi connectivity index (χ0v) is 30.3. The summed E-state index contributed by atoms with van der Waals surface area (Å²) in [7, 11) is 0. The smallest absolute Gasteiger partial charge is 0.246 e. The Labute approximate surface area is 320 Å². The molecule has 0 bridgehead atoms. The number of carbonyl (C=O) groups excluding carboxylic acids is 8. The zero-order chi connectivity index (χ0) is 40.5. The molecule has 298 valence electrons. The van der Waals surface area contributed by atoms with Crippen LogP contribution in [0.4, 0.5) is 0 Å². The molecule has 0 radical (unpaired) electrons. The third-order valence-electron chi connectivity index (χ3n) is 9.75. The zero-order valence-electron chi connectivity index (χ0n) is 30.3. The lowest BCUT2D eigenvalue weighted by Crippen LogP contribution is -2.60. The normalized spacial score (nSPS) is 18.6. The van der Waals surface area contributed by atoms with Crippen LogP contribution in [0.1, 0.15) is 43.2 Å². The van der Waals surface area contributed by atoms with Gasteiger partial charge in [0.15, 0.2) is 0 Å². The number of fused-ring (bicyclic) bond motifs is 1. The van der Waals surface area contributed by atoms with Gasteiger partial charge in [0.2, 0.25) is 47.3 Å². The molecular weight excluding hydrogens is 730 g/mol. The average Bonchev–Trinajstić information content (AvgIpc) is 3.93. The second kappa shape index (κ2) is 18.2. The number of phenols is 1. The predicted octanol–water partition coefficient (Wildman–Crippen LogP) is -2.78. The van der Waals surface area contributed by atoms with Crippen LogP contribution in [0.25, 0.3) is 10.9 Å². The lowest BCUT2D eigenvalue weighted by Gasteiger charge is -2.30. The van der Waals surface area contributed by atoms with Crippen molar-refractivity contribution < 1.29 is 48.6 Å². The number of aliphatic hydroxyl groups excluding tert-OH is 1. The van der Waals surface area contributed by atoms with Crippen LogP contribution in [0.15, 0.2) is 54.7 Å². The number of primary amides is 2. The molecule has 1 aromatic heterocycles. The van der Waals surface area contributed by atoms with Gasteiger partial charge in [0.05, 0.1) is 13.0 Å². The molecule has 56 heavy (non-hydrogen) atoms. The summed E-state index contributed by atoms with van der Waals surface area (Å²) in [5, 5.41) is 33.0. The molecule has 2 aliphatic rings. The molecule has 8 amide bonds. The number of amides is 8. The van der Waals surface area contributed by atoms with E-state index in [-0.39, 0.29) is 50.3 Å². The maximum absolute atomic E-state index is 14.0. The summed E-state index contributed by atoms with van der Waals surface area (Å²) in [4.78, 5) is 108. The van der Waals surface area contributed by atoms with Gasteiger partial charge in [-0.3, -0.25) is 38.4 Å². The number of hydrogen-bond donors (Lipinski definition) is 10. The third-order valence-corrected chi connectivity index (χ3v) is 9.75. The van der Waals surface area contributed by atoms with Crippen LogP contribution in [0.3, 0.4) is 0 Å². The standard InChI is InChI=1S/C37H45N9O10/c38-30(49)16-27(44-33(52)24-11-12-31(50)41-24)37(56)46-13-3-6-29(46)36(55)43-26(15-20-17-40-23-5-2-1-4-22(20)23)34(53)45-28(18-47)35(54)42-25(32(39)51)14-19-7-9-21(48)10-8-19/h1-2,4-5,7-10,17,24-29,40,47-48H,3,6,11-16,18H2,(H2,38,49)(H2,39,51)(H,41,50)(H,42,54)(H,43,55)(H,44,52)(H,45,53)/t24-,25+,26+,27-,28+,29-/m0/s1. The Morgan fingerprint density at radius 2 is 1.50 bits per heavy atom. The molecule has 2 aromatic carbocycles. The summed E-state index contributed by atoms with van der Waals surface area (Å²) in [6.07, 6.45) is 1.79. The van der Waals surface area contributed by atoms with Gasteiger partial charge in [-0.15, -0.1) is 0 Å². The Hall–Kier alpha value is -6.50. The number of aliphatic hydroxyl groups is 1. The van der Waals surface area contributed by atoms with Gasteiger partial charge >= 0.3 is 0 Å². The molecule has 0 aliphatic carbocycles. The first-order valence-electron chi connectivity index (χ1n) is 18.1. The van der Waals surface area contributed by atoms with Crippen molar-refractivity contribution >= 4 is 58.2 Å². The highest BCUT2D eigenvalue weighted by atomic mass is 16.3. The van der Waals surface area contributed by atoms with E-state index in [4.69, 9.17) is 11.5 Å². The Bertz CT molecular complexity index is 1980. The minimum Gasteiger partial charge on any atom is -0.508 e. The molecule has 3 aromatic rings. The van der Waals surface area contributed by atoms with Crippen LogP contribution in [0.2, 0.25) is 0 Å². The lowest BCUT2D eigenvalue weighted by molar-refractivity contribution is -0.143. The van der Waals surface area contributed by atoms with Gasteiger partial charge in [-0.1, -0.05) is 30.3 Å². The van der Waals surface area contributed by atoms with E-state index in [0.717, 1.165) is 10.9 Å². The van der Waals surface area contributed by atoms with Crippen LogP contribution in [0, 0.1) is 0 Å². The number of carbonyl (C=O) groups is 8. The summed E-state index contributed by atoms with van der Waals surface area (Å²) in [5.41, 5.74) is 12.9. The Balaban J connectivity index is 1.32. The fourth-order valence-corrected chi connectivity index (χ4v) is 6.81. The minimum atomic E-state index is -1.58. The molecule has 2 saturated heterocycles. The Morgan fingerprint density at radius 3 is 2.16 bits per heavy atom. The second-order valence-corrected chi connectivity index (χ2v) is 13.8. The van der Waals surface area contributed by atoms with Gasteiger partial charge < -0.3 is 58.1 Å². The highest BCUT2D eigenvalue weighted by molar-refractivity contribution is 5.99. The fraction of sp³-hybridized carbons (Fsp3) is 0.405. The number of aromatic amines is 1. The third kappa shape index (κ3) is 10.2. The largest absolute Gasteiger partial charge is 0.508 e. The number of para-hydroxylation sites is 1. The van der Waals surface area contributed by atoms with E-state index in [2.05, 4.69) is 31.6 Å². The van der Waals surface area contributed by atoms with E-state index >= 15 is 0 Å². The summed E-state index contributed by atoms with van der Waals surface area (Å²) in [5.74, 6) is -6.12.